The highest BCUT2D eigenvalue weighted by atomic mass is 79.9. The number of halogens is 1. The van der Waals surface area contributed by atoms with Gasteiger partial charge in [-0.05, 0) is 65.2 Å². The van der Waals surface area contributed by atoms with Crippen LogP contribution < -0.4 is 5.32 Å². The number of hydrogen-bond donors (Lipinski definition) is 1. The molecule has 1 N–H and O–H groups in total. The molecule has 1 aromatic carbocycles. The van der Waals surface area contributed by atoms with E-state index in [-0.39, 0.29) is 5.91 Å². The van der Waals surface area contributed by atoms with E-state index in [0.29, 0.717) is 5.56 Å². The second-order valence-corrected chi connectivity index (χ2v) is 7.39. The van der Waals surface area contributed by atoms with Gasteiger partial charge in [0.15, 0.2) is 0 Å². The topological polar surface area (TPSA) is 59.3 Å². The lowest BCUT2D eigenvalue weighted by atomic mass is 10.1. The molecular formula is C21H17BrN4O. The lowest BCUT2D eigenvalue weighted by Gasteiger charge is -2.10. The average molecular weight is 421 g/mol. The third-order valence-corrected chi connectivity index (χ3v) is 4.80. The maximum absolute atomic E-state index is 12.6. The van der Waals surface area contributed by atoms with Crippen molar-refractivity contribution >= 4 is 33.2 Å². The number of hydrogen-bond acceptors (Lipinski definition) is 3. The number of amides is 1. The van der Waals surface area contributed by atoms with Crippen LogP contribution in [-0.4, -0.2) is 20.3 Å². The van der Waals surface area contributed by atoms with E-state index in [9.17, 15) is 4.79 Å². The Hall–Kier alpha value is -2.99. The Bertz CT molecular complexity index is 1170. The Labute approximate surface area is 165 Å². The van der Waals surface area contributed by atoms with Crippen molar-refractivity contribution in [1.82, 2.24) is 14.4 Å². The summed E-state index contributed by atoms with van der Waals surface area (Å²) in [6.45, 7) is 4.01. The van der Waals surface area contributed by atoms with Gasteiger partial charge in [-0.1, -0.05) is 12.1 Å². The van der Waals surface area contributed by atoms with E-state index in [4.69, 9.17) is 4.98 Å². The molecule has 27 heavy (non-hydrogen) atoms. The number of rotatable bonds is 3. The third-order valence-electron chi connectivity index (χ3n) is 4.36. The van der Waals surface area contributed by atoms with Gasteiger partial charge in [0.1, 0.15) is 5.65 Å². The summed E-state index contributed by atoms with van der Waals surface area (Å²) in [7, 11) is 0. The molecule has 0 saturated carbocycles. The molecule has 5 nitrogen and oxygen atoms in total. The Morgan fingerprint density at radius 2 is 1.96 bits per heavy atom. The molecule has 0 fully saturated rings. The number of anilines is 1. The molecule has 4 rings (SSSR count). The number of aromatic nitrogens is 3. The number of carbonyl (C=O) groups excluding carboxylic acids is 1. The molecule has 0 spiro atoms. The van der Waals surface area contributed by atoms with E-state index in [1.807, 2.05) is 61.0 Å². The molecule has 0 bridgehead atoms. The minimum absolute atomic E-state index is 0.199. The predicted octanol–water partition coefficient (Wildman–Crippen LogP) is 5.03. The van der Waals surface area contributed by atoms with Crippen LogP contribution in [0.1, 0.15) is 21.5 Å². The molecule has 0 saturated heterocycles. The number of nitrogens with zero attached hydrogens (tertiary/aromatic N) is 3. The van der Waals surface area contributed by atoms with Gasteiger partial charge in [-0.3, -0.25) is 9.78 Å². The summed E-state index contributed by atoms with van der Waals surface area (Å²) in [5.41, 5.74) is 6.11. The number of nitrogens with one attached hydrogen (secondary N) is 1. The van der Waals surface area contributed by atoms with Crippen LogP contribution >= 0.6 is 15.9 Å². The Kier molecular flexibility index (Phi) is 4.49. The number of aryl methyl sites for hydroxylation is 2. The predicted molar refractivity (Wildman–Crippen MR) is 110 cm³/mol. The van der Waals surface area contributed by atoms with E-state index in [1.54, 1.807) is 18.5 Å². The third kappa shape index (κ3) is 3.61. The number of pyridine rings is 2. The van der Waals surface area contributed by atoms with Crippen LogP contribution in [0.15, 0.2) is 65.7 Å². The molecule has 0 atom stereocenters. The fourth-order valence-corrected chi connectivity index (χ4v) is 3.23. The van der Waals surface area contributed by atoms with Crippen molar-refractivity contribution in [3.05, 3.63) is 82.3 Å². The van der Waals surface area contributed by atoms with Crippen LogP contribution in [0.25, 0.3) is 16.9 Å². The monoisotopic (exact) mass is 420 g/mol. The standard InChI is InChI=1S/C21H17BrN4O/c1-13-5-6-26-12-19(24-20(26)7-13)15-4-3-14(2)18(9-15)25-21(27)16-8-17(22)11-23-10-16/h3-12H,1-2H3,(H,25,27). The van der Waals surface area contributed by atoms with Crippen molar-refractivity contribution in [1.29, 1.82) is 0 Å². The van der Waals surface area contributed by atoms with Gasteiger partial charge >= 0.3 is 0 Å². The fraction of sp³-hybridized carbons (Fsp3) is 0.0952. The van der Waals surface area contributed by atoms with Gasteiger partial charge < -0.3 is 9.72 Å². The quantitative estimate of drug-likeness (QED) is 0.505. The van der Waals surface area contributed by atoms with Crippen molar-refractivity contribution in [2.75, 3.05) is 5.32 Å². The zero-order valence-corrected chi connectivity index (χ0v) is 16.5. The van der Waals surface area contributed by atoms with Crippen LogP contribution in [0.5, 0.6) is 0 Å². The van der Waals surface area contributed by atoms with E-state index < -0.39 is 0 Å². The van der Waals surface area contributed by atoms with Gasteiger partial charge in [-0.15, -0.1) is 0 Å². The van der Waals surface area contributed by atoms with Crippen molar-refractivity contribution in [2.24, 2.45) is 0 Å². The second-order valence-electron chi connectivity index (χ2n) is 6.47. The summed E-state index contributed by atoms with van der Waals surface area (Å²) in [5.74, 6) is -0.199. The average Bonchev–Trinajstić information content (AvgIpc) is 3.06. The summed E-state index contributed by atoms with van der Waals surface area (Å²) in [6.07, 6.45) is 7.18. The molecular weight excluding hydrogens is 404 g/mol. The Morgan fingerprint density at radius 1 is 1.11 bits per heavy atom. The van der Waals surface area contributed by atoms with Crippen LogP contribution in [0.2, 0.25) is 0 Å². The molecule has 6 heteroatoms. The van der Waals surface area contributed by atoms with E-state index in [2.05, 4.69) is 26.2 Å². The van der Waals surface area contributed by atoms with Gasteiger partial charge in [-0.2, -0.15) is 0 Å². The highest BCUT2D eigenvalue weighted by Crippen LogP contribution is 2.26. The number of benzene rings is 1. The summed E-state index contributed by atoms with van der Waals surface area (Å²) >= 11 is 3.34. The highest BCUT2D eigenvalue weighted by Gasteiger charge is 2.11. The first kappa shape index (κ1) is 17.4. The van der Waals surface area contributed by atoms with Gasteiger partial charge in [0.2, 0.25) is 0 Å². The molecule has 4 aromatic rings. The Balaban J connectivity index is 1.67. The van der Waals surface area contributed by atoms with Crippen molar-refractivity contribution in [3.63, 3.8) is 0 Å². The summed E-state index contributed by atoms with van der Waals surface area (Å²) < 4.78 is 2.76. The largest absolute Gasteiger partial charge is 0.322 e. The summed E-state index contributed by atoms with van der Waals surface area (Å²) in [6, 6.07) is 11.8. The zero-order valence-electron chi connectivity index (χ0n) is 14.9. The fourth-order valence-electron chi connectivity index (χ4n) is 2.87. The number of fused-ring (bicyclic) bond motifs is 1. The molecule has 0 unspecified atom stereocenters. The second kappa shape index (κ2) is 6.96. The van der Waals surface area contributed by atoms with Crippen LogP contribution in [0.3, 0.4) is 0 Å². The maximum Gasteiger partial charge on any atom is 0.257 e. The molecule has 0 aliphatic carbocycles. The van der Waals surface area contributed by atoms with Gasteiger partial charge in [0.05, 0.1) is 11.3 Å². The highest BCUT2D eigenvalue weighted by molar-refractivity contribution is 9.10. The Morgan fingerprint density at radius 3 is 2.78 bits per heavy atom. The number of carbonyl (C=O) groups is 1. The smallest absolute Gasteiger partial charge is 0.257 e. The lowest BCUT2D eigenvalue weighted by Crippen LogP contribution is -2.13. The molecule has 134 valence electrons. The minimum Gasteiger partial charge on any atom is -0.322 e. The summed E-state index contributed by atoms with van der Waals surface area (Å²) in [5, 5.41) is 2.97. The summed E-state index contributed by atoms with van der Waals surface area (Å²) in [4.78, 5) is 21.3. The van der Waals surface area contributed by atoms with Crippen LogP contribution in [-0.2, 0) is 0 Å². The SMILES string of the molecule is Cc1ccn2cc(-c3ccc(C)c(NC(=O)c4cncc(Br)c4)c3)nc2c1. The zero-order chi connectivity index (χ0) is 19.0. The molecule has 0 radical (unpaired) electrons. The van der Waals surface area contributed by atoms with Crippen LogP contribution in [0, 0.1) is 13.8 Å². The molecule has 0 aliphatic heterocycles. The van der Waals surface area contributed by atoms with Crippen molar-refractivity contribution in [3.8, 4) is 11.3 Å². The maximum atomic E-state index is 12.6. The van der Waals surface area contributed by atoms with Crippen molar-refractivity contribution in [2.45, 2.75) is 13.8 Å². The van der Waals surface area contributed by atoms with Gasteiger partial charge in [-0.25, -0.2) is 4.98 Å². The molecule has 1 amide bonds. The van der Waals surface area contributed by atoms with Crippen molar-refractivity contribution < 1.29 is 4.79 Å². The van der Waals surface area contributed by atoms with E-state index >= 15 is 0 Å². The molecule has 0 aliphatic rings. The van der Waals surface area contributed by atoms with E-state index in [0.717, 1.165) is 32.6 Å². The number of imidazole rings is 1. The minimum atomic E-state index is -0.199. The van der Waals surface area contributed by atoms with Crippen LogP contribution in [0.4, 0.5) is 5.69 Å². The first-order valence-corrected chi connectivity index (χ1v) is 9.27. The van der Waals surface area contributed by atoms with E-state index in [1.165, 1.54) is 5.56 Å². The normalized spacial score (nSPS) is 10.9. The lowest BCUT2D eigenvalue weighted by molar-refractivity contribution is 0.102. The molecule has 3 aromatic heterocycles. The first-order valence-electron chi connectivity index (χ1n) is 8.48. The van der Waals surface area contributed by atoms with Gasteiger partial charge in [0.25, 0.3) is 5.91 Å². The first-order chi connectivity index (χ1) is 13.0. The molecule has 3 heterocycles. The van der Waals surface area contributed by atoms with Gasteiger partial charge in [0, 0.05) is 40.5 Å².